The summed E-state index contributed by atoms with van der Waals surface area (Å²) in [6.07, 6.45) is 0. The Balaban J connectivity index is 2.38. The van der Waals surface area contributed by atoms with Crippen molar-refractivity contribution in [2.45, 2.75) is 17.7 Å². The van der Waals surface area contributed by atoms with E-state index in [4.69, 9.17) is 0 Å². The maximum atomic E-state index is 4.25. The lowest BCUT2D eigenvalue weighted by molar-refractivity contribution is 0.883. The van der Waals surface area contributed by atoms with Crippen LogP contribution in [-0.2, 0) is 0 Å². The summed E-state index contributed by atoms with van der Waals surface area (Å²) in [4.78, 5) is 1.34. The molecule has 68 valence electrons. The highest BCUT2D eigenvalue weighted by Gasteiger charge is 2.25. The van der Waals surface area contributed by atoms with Gasteiger partial charge in [-0.3, -0.25) is 0 Å². The molecule has 0 fully saturated rings. The second-order valence-corrected chi connectivity index (χ2v) is 4.10. The van der Waals surface area contributed by atoms with E-state index in [2.05, 4.69) is 41.7 Å². The van der Waals surface area contributed by atoms with Gasteiger partial charge in [-0.05, 0) is 11.6 Å². The first-order valence-electron chi connectivity index (χ1n) is 4.34. The molecule has 1 aliphatic heterocycles. The predicted octanol–water partition coefficient (Wildman–Crippen LogP) is 2.43. The molecule has 0 saturated carbocycles. The SMILES string of the molecule is CN/N=C1\Sc2ccccc2C1C. The number of thioether (sulfide) groups is 1. The summed E-state index contributed by atoms with van der Waals surface area (Å²) in [5.41, 5.74) is 4.23. The molecule has 0 bridgehead atoms. The molecule has 0 saturated heterocycles. The molecule has 0 amide bonds. The van der Waals surface area contributed by atoms with Gasteiger partial charge in [0.1, 0.15) is 5.04 Å². The van der Waals surface area contributed by atoms with Crippen LogP contribution in [0.4, 0.5) is 0 Å². The van der Waals surface area contributed by atoms with Crippen molar-refractivity contribution >= 4 is 16.8 Å². The van der Waals surface area contributed by atoms with E-state index in [1.165, 1.54) is 10.5 Å². The van der Waals surface area contributed by atoms with Crippen LogP contribution in [0.15, 0.2) is 34.3 Å². The highest BCUT2D eigenvalue weighted by atomic mass is 32.2. The maximum absolute atomic E-state index is 4.25. The minimum atomic E-state index is 0.439. The standard InChI is InChI=1S/C10H12N2S/c1-7-8-5-3-4-6-9(8)13-10(7)12-11-2/h3-7,11H,1-2H3/b12-10-. The van der Waals surface area contributed by atoms with Crippen molar-refractivity contribution in [2.24, 2.45) is 5.10 Å². The van der Waals surface area contributed by atoms with Crippen LogP contribution >= 0.6 is 11.8 Å². The monoisotopic (exact) mass is 192 g/mol. The molecule has 1 aromatic rings. The number of hydrogen-bond acceptors (Lipinski definition) is 3. The fraction of sp³-hybridized carbons (Fsp3) is 0.300. The van der Waals surface area contributed by atoms with Crippen molar-refractivity contribution in [1.82, 2.24) is 5.43 Å². The van der Waals surface area contributed by atoms with Crippen LogP contribution in [0.3, 0.4) is 0 Å². The number of fused-ring (bicyclic) bond motifs is 1. The highest BCUT2D eigenvalue weighted by Crippen LogP contribution is 2.40. The molecule has 1 aliphatic rings. The Bertz CT molecular complexity index is 347. The first kappa shape index (κ1) is 8.63. The van der Waals surface area contributed by atoms with Crippen LogP contribution in [-0.4, -0.2) is 12.1 Å². The summed E-state index contributed by atoms with van der Waals surface area (Å²) >= 11 is 1.76. The van der Waals surface area contributed by atoms with Gasteiger partial charge >= 0.3 is 0 Å². The molecule has 0 radical (unpaired) electrons. The fourth-order valence-corrected chi connectivity index (χ4v) is 2.67. The van der Waals surface area contributed by atoms with Crippen LogP contribution in [0.1, 0.15) is 18.4 Å². The summed E-state index contributed by atoms with van der Waals surface area (Å²) in [7, 11) is 1.84. The van der Waals surface area contributed by atoms with E-state index in [-0.39, 0.29) is 0 Å². The largest absolute Gasteiger partial charge is 0.312 e. The van der Waals surface area contributed by atoms with Crippen molar-refractivity contribution in [2.75, 3.05) is 7.05 Å². The number of nitrogens with zero attached hydrogens (tertiary/aromatic N) is 1. The van der Waals surface area contributed by atoms with Crippen molar-refractivity contribution in [3.05, 3.63) is 29.8 Å². The van der Waals surface area contributed by atoms with Crippen LogP contribution in [0.25, 0.3) is 0 Å². The zero-order valence-corrected chi connectivity index (χ0v) is 8.56. The molecule has 1 aromatic carbocycles. The molecular weight excluding hydrogens is 180 g/mol. The van der Waals surface area contributed by atoms with Gasteiger partial charge in [0.25, 0.3) is 0 Å². The summed E-state index contributed by atoms with van der Waals surface area (Å²) in [5.74, 6) is 0.439. The molecule has 1 N–H and O–H groups in total. The fourth-order valence-electron chi connectivity index (χ4n) is 1.50. The molecular formula is C10H12N2S. The van der Waals surface area contributed by atoms with Gasteiger partial charge in [0, 0.05) is 17.9 Å². The molecule has 2 rings (SSSR count). The van der Waals surface area contributed by atoms with E-state index < -0.39 is 0 Å². The zero-order chi connectivity index (χ0) is 9.26. The Morgan fingerprint density at radius 3 is 2.85 bits per heavy atom. The lowest BCUT2D eigenvalue weighted by atomic mass is 10.0. The Morgan fingerprint density at radius 2 is 2.15 bits per heavy atom. The number of hydrogen-bond donors (Lipinski definition) is 1. The van der Waals surface area contributed by atoms with Gasteiger partial charge in [-0.15, -0.1) is 0 Å². The first-order valence-corrected chi connectivity index (χ1v) is 5.15. The van der Waals surface area contributed by atoms with Crippen LogP contribution < -0.4 is 5.43 Å². The second kappa shape index (κ2) is 3.42. The summed E-state index contributed by atoms with van der Waals surface area (Å²) in [6, 6.07) is 8.47. The normalized spacial score (nSPS) is 23.2. The predicted molar refractivity (Wildman–Crippen MR) is 57.2 cm³/mol. The van der Waals surface area contributed by atoms with Gasteiger partial charge in [-0.25, -0.2) is 0 Å². The average molecular weight is 192 g/mol. The van der Waals surface area contributed by atoms with Crippen LogP contribution in [0, 0.1) is 0 Å². The van der Waals surface area contributed by atoms with E-state index in [1.807, 2.05) is 7.05 Å². The highest BCUT2D eigenvalue weighted by molar-refractivity contribution is 8.14. The molecule has 2 nitrogen and oxygen atoms in total. The maximum Gasteiger partial charge on any atom is 0.105 e. The Hall–Kier alpha value is -0.960. The van der Waals surface area contributed by atoms with Crippen molar-refractivity contribution in [1.29, 1.82) is 0 Å². The lowest BCUT2D eigenvalue weighted by Crippen LogP contribution is -2.04. The molecule has 0 aliphatic carbocycles. The number of nitrogens with one attached hydrogen (secondary N) is 1. The number of hydrazone groups is 1. The first-order chi connectivity index (χ1) is 6.33. The molecule has 3 heteroatoms. The van der Waals surface area contributed by atoms with E-state index >= 15 is 0 Å². The third-order valence-electron chi connectivity index (χ3n) is 2.19. The average Bonchev–Trinajstić information content (AvgIpc) is 2.46. The summed E-state index contributed by atoms with van der Waals surface area (Å²) < 4.78 is 0. The quantitative estimate of drug-likeness (QED) is 0.691. The summed E-state index contributed by atoms with van der Waals surface area (Å²) in [6.45, 7) is 2.19. The molecule has 0 aromatic heterocycles. The molecule has 1 atom stereocenters. The smallest absolute Gasteiger partial charge is 0.105 e. The van der Waals surface area contributed by atoms with Crippen molar-refractivity contribution in [3.8, 4) is 0 Å². The second-order valence-electron chi connectivity index (χ2n) is 3.04. The minimum Gasteiger partial charge on any atom is -0.312 e. The van der Waals surface area contributed by atoms with E-state index in [1.54, 1.807) is 11.8 Å². The Morgan fingerprint density at radius 1 is 1.38 bits per heavy atom. The van der Waals surface area contributed by atoms with Crippen molar-refractivity contribution < 1.29 is 0 Å². The van der Waals surface area contributed by atoms with Gasteiger partial charge in [0.15, 0.2) is 0 Å². The minimum absolute atomic E-state index is 0.439. The van der Waals surface area contributed by atoms with Gasteiger partial charge in [-0.1, -0.05) is 36.9 Å². The third kappa shape index (κ3) is 1.44. The van der Waals surface area contributed by atoms with Gasteiger partial charge in [-0.2, -0.15) is 5.10 Å². The molecule has 1 heterocycles. The Labute approximate surface area is 82.4 Å². The third-order valence-corrected chi connectivity index (χ3v) is 3.44. The molecule has 0 spiro atoms. The van der Waals surface area contributed by atoms with Gasteiger partial charge in [0.05, 0.1) is 0 Å². The summed E-state index contributed by atoms with van der Waals surface area (Å²) in [5, 5.41) is 5.41. The number of rotatable bonds is 1. The van der Waals surface area contributed by atoms with Crippen molar-refractivity contribution in [3.63, 3.8) is 0 Å². The topological polar surface area (TPSA) is 24.4 Å². The molecule has 13 heavy (non-hydrogen) atoms. The molecule has 1 unspecified atom stereocenters. The Kier molecular flexibility index (Phi) is 2.27. The lowest BCUT2D eigenvalue weighted by Gasteiger charge is -2.02. The van der Waals surface area contributed by atoms with Crippen LogP contribution in [0.2, 0.25) is 0 Å². The van der Waals surface area contributed by atoms with Gasteiger partial charge in [0.2, 0.25) is 0 Å². The van der Waals surface area contributed by atoms with Crippen LogP contribution in [0.5, 0.6) is 0 Å². The number of benzene rings is 1. The van der Waals surface area contributed by atoms with Gasteiger partial charge < -0.3 is 5.43 Å². The van der Waals surface area contributed by atoms with E-state index in [9.17, 15) is 0 Å². The zero-order valence-electron chi connectivity index (χ0n) is 7.74. The van der Waals surface area contributed by atoms with E-state index in [0.29, 0.717) is 5.92 Å². The van der Waals surface area contributed by atoms with E-state index in [0.717, 1.165) is 5.04 Å².